The molecular formula is C17H16ClNO3S. The van der Waals surface area contributed by atoms with Crippen molar-refractivity contribution in [3.8, 4) is 11.5 Å². The van der Waals surface area contributed by atoms with Crippen molar-refractivity contribution in [3.63, 3.8) is 0 Å². The van der Waals surface area contributed by atoms with E-state index in [9.17, 15) is 4.79 Å². The van der Waals surface area contributed by atoms with Gasteiger partial charge in [-0.2, -0.15) is 0 Å². The first-order valence-electron chi connectivity index (χ1n) is 7.05. The highest BCUT2D eigenvalue weighted by molar-refractivity contribution is 8.00. The lowest BCUT2D eigenvalue weighted by atomic mass is 10.1. The van der Waals surface area contributed by atoms with Crippen LogP contribution in [0.1, 0.15) is 10.9 Å². The Labute approximate surface area is 144 Å². The van der Waals surface area contributed by atoms with Crippen molar-refractivity contribution in [3.05, 3.63) is 53.1 Å². The van der Waals surface area contributed by atoms with Crippen LogP contribution in [0.2, 0.25) is 5.02 Å². The molecule has 0 spiro atoms. The van der Waals surface area contributed by atoms with Crippen LogP contribution in [0, 0.1) is 0 Å². The highest BCUT2D eigenvalue weighted by Crippen LogP contribution is 2.45. The second-order valence-electron chi connectivity index (χ2n) is 5.02. The fourth-order valence-corrected chi connectivity index (χ4v) is 3.84. The van der Waals surface area contributed by atoms with Crippen molar-refractivity contribution >= 4 is 35.0 Å². The summed E-state index contributed by atoms with van der Waals surface area (Å²) in [5.41, 5.74) is 1.77. The molecule has 0 N–H and O–H groups in total. The molecular weight excluding hydrogens is 334 g/mol. The van der Waals surface area contributed by atoms with E-state index in [1.165, 1.54) is 0 Å². The number of carbonyl (C=O) groups excluding carboxylic acids is 1. The summed E-state index contributed by atoms with van der Waals surface area (Å²) in [6, 6.07) is 13.0. The number of anilines is 1. The first-order valence-corrected chi connectivity index (χ1v) is 8.48. The molecule has 0 saturated carbocycles. The molecule has 23 heavy (non-hydrogen) atoms. The fourth-order valence-electron chi connectivity index (χ4n) is 2.54. The van der Waals surface area contributed by atoms with Gasteiger partial charge in [-0.3, -0.25) is 9.69 Å². The molecule has 120 valence electrons. The fraction of sp³-hybridized carbons (Fsp3) is 0.235. The molecule has 1 heterocycles. The molecule has 0 aromatic heterocycles. The molecule has 1 saturated heterocycles. The van der Waals surface area contributed by atoms with Crippen LogP contribution in [0.5, 0.6) is 11.5 Å². The Morgan fingerprint density at radius 2 is 1.87 bits per heavy atom. The van der Waals surface area contributed by atoms with Crippen LogP contribution in [0.25, 0.3) is 0 Å². The van der Waals surface area contributed by atoms with Crippen LogP contribution >= 0.6 is 23.4 Å². The predicted molar refractivity (Wildman–Crippen MR) is 93.7 cm³/mol. The van der Waals surface area contributed by atoms with E-state index in [1.807, 2.05) is 36.4 Å². The second-order valence-corrected chi connectivity index (χ2v) is 6.52. The average Bonchev–Trinajstić information content (AvgIpc) is 2.96. The molecule has 3 rings (SSSR count). The zero-order chi connectivity index (χ0) is 16.4. The second kappa shape index (κ2) is 6.72. The summed E-state index contributed by atoms with van der Waals surface area (Å²) in [4.78, 5) is 14.2. The molecule has 1 aliphatic rings. The zero-order valence-corrected chi connectivity index (χ0v) is 14.4. The van der Waals surface area contributed by atoms with Gasteiger partial charge >= 0.3 is 0 Å². The van der Waals surface area contributed by atoms with Gasteiger partial charge in [0.1, 0.15) is 16.9 Å². The van der Waals surface area contributed by atoms with E-state index in [1.54, 1.807) is 36.9 Å². The van der Waals surface area contributed by atoms with E-state index in [0.29, 0.717) is 22.3 Å². The van der Waals surface area contributed by atoms with E-state index >= 15 is 0 Å². The molecule has 0 unspecified atom stereocenters. The van der Waals surface area contributed by atoms with Crippen LogP contribution in [0.4, 0.5) is 5.69 Å². The Morgan fingerprint density at radius 3 is 2.52 bits per heavy atom. The Hall–Kier alpha value is -1.85. The Kier molecular flexibility index (Phi) is 4.68. The summed E-state index contributed by atoms with van der Waals surface area (Å²) in [7, 11) is 3.19. The van der Waals surface area contributed by atoms with Crippen molar-refractivity contribution in [1.82, 2.24) is 0 Å². The van der Waals surface area contributed by atoms with Gasteiger partial charge in [-0.25, -0.2) is 0 Å². The lowest BCUT2D eigenvalue weighted by Gasteiger charge is -2.26. The number of thioether (sulfide) groups is 1. The number of halogens is 1. The molecule has 2 aromatic carbocycles. The smallest absolute Gasteiger partial charge is 0.238 e. The Morgan fingerprint density at radius 1 is 1.13 bits per heavy atom. The van der Waals surface area contributed by atoms with Crippen molar-refractivity contribution < 1.29 is 14.3 Å². The Balaban J connectivity index is 2.01. The summed E-state index contributed by atoms with van der Waals surface area (Å²) in [6.07, 6.45) is 0. The third-order valence-electron chi connectivity index (χ3n) is 3.67. The maximum absolute atomic E-state index is 12.4. The molecule has 6 heteroatoms. The van der Waals surface area contributed by atoms with Crippen LogP contribution in [0.15, 0.2) is 42.5 Å². The molecule has 1 amide bonds. The minimum Gasteiger partial charge on any atom is -0.497 e. The van der Waals surface area contributed by atoms with Crippen LogP contribution in [-0.4, -0.2) is 25.9 Å². The number of nitrogens with zero attached hydrogens (tertiary/aromatic N) is 1. The predicted octanol–water partition coefficient (Wildman–Crippen LogP) is 4.14. The van der Waals surface area contributed by atoms with E-state index < -0.39 is 0 Å². The number of methoxy groups -OCH3 is 2. The normalized spacial score (nSPS) is 17.4. The van der Waals surface area contributed by atoms with E-state index in [2.05, 4.69) is 0 Å². The van der Waals surface area contributed by atoms with E-state index in [0.717, 1.165) is 11.3 Å². The van der Waals surface area contributed by atoms with E-state index in [4.69, 9.17) is 21.1 Å². The number of ether oxygens (including phenoxy) is 2. The number of amides is 1. The number of benzene rings is 2. The van der Waals surface area contributed by atoms with Crippen LogP contribution in [0.3, 0.4) is 0 Å². The topological polar surface area (TPSA) is 38.8 Å². The lowest BCUT2D eigenvalue weighted by Crippen LogP contribution is -2.28. The highest BCUT2D eigenvalue weighted by atomic mass is 35.5. The average molecular weight is 350 g/mol. The van der Waals surface area contributed by atoms with Gasteiger partial charge in [0.25, 0.3) is 0 Å². The molecule has 1 atom stereocenters. The third-order valence-corrected chi connectivity index (χ3v) is 5.13. The molecule has 4 nitrogen and oxygen atoms in total. The maximum Gasteiger partial charge on any atom is 0.238 e. The van der Waals surface area contributed by atoms with Gasteiger partial charge in [0.2, 0.25) is 5.91 Å². The first-order chi connectivity index (χ1) is 11.1. The van der Waals surface area contributed by atoms with Gasteiger partial charge in [-0.05, 0) is 29.8 Å². The summed E-state index contributed by atoms with van der Waals surface area (Å²) >= 11 is 7.55. The number of hydrogen-bond acceptors (Lipinski definition) is 4. The zero-order valence-electron chi connectivity index (χ0n) is 12.8. The van der Waals surface area contributed by atoms with E-state index in [-0.39, 0.29) is 11.3 Å². The van der Waals surface area contributed by atoms with Crippen LogP contribution < -0.4 is 14.4 Å². The SMILES string of the molecule is COc1ccc(N2C(=O)CS[C@@H]2c2ccc(Cl)cc2)c(OC)c1. The van der Waals surface area contributed by atoms with Crippen molar-refractivity contribution in [2.24, 2.45) is 0 Å². The third kappa shape index (κ3) is 3.12. The summed E-state index contributed by atoms with van der Waals surface area (Å²) < 4.78 is 10.7. The molecule has 1 aliphatic heterocycles. The molecule has 2 aromatic rings. The quantitative estimate of drug-likeness (QED) is 0.831. The molecule has 0 radical (unpaired) electrons. The Bertz CT molecular complexity index is 720. The number of carbonyl (C=O) groups is 1. The highest BCUT2D eigenvalue weighted by Gasteiger charge is 2.35. The standard InChI is InChI=1S/C17H16ClNO3S/c1-21-13-7-8-14(15(9-13)22-2)19-16(20)10-23-17(19)11-3-5-12(18)6-4-11/h3-9,17H,10H2,1-2H3/t17-/m1/s1. The van der Waals surface area contributed by atoms with Crippen molar-refractivity contribution in [2.75, 3.05) is 24.9 Å². The van der Waals surface area contributed by atoms with Gasteiger partial charge in [0.05, 0.1) is 25.7 Å². The lowest BCUT2D eigenvalue weighted by molar-refractivity contribution is -0.115. The summed E-state index contributed by atoms with van der Waals surface area (Å²) in [5.74, 6) is 1.79. The summed E-state index contributed by atoms with van der Waals surface area (Å²) in [6.45, 7) is 0. The van der Waals surface area contributed by atoms with Crippen LogP contribution in [-0.2, 0) is 4.79 Å². The number of rotatable bonds is 4. The van der Waals surface area contributed by atoms with Gasteiger partial charge < -0.3 is 9.47 Å². The van der Waals surface area contributed by atoms with Gasteiger partial charge in [-0.1, -0.05) is 23.7 Å². The molecule has 0 aliphatic carbocycles. The number of hydrogen-bond donors (Lipinski definition) is 0. The first kappa shape index (κ1) is 16.0. The molecule has 0 bridgehead atoms. The minimum atomic E-state index is -0.0953. The summed E-state index contributed by atoms with van der Waals surface area (Å²) in [5, 5.41) is 0.582. The van der Waals surface area contributed by atoms with Gasteiger partial charge in [-0.15, -0.1) is 11.8 Å². The van der Waals surface area contributed by atoms with Gasteiger partial charge in [0.15, 0.2) is 0 Å². The monoisotopic (exact) mass is 349 g/mol. The van der Waals surface area contributed by atoms with Crippen molar-refractivity contribution in [2.45, 2.75) is 5.37 Å². The maximum atomic E-state index is 12.4. The molecule has 1 fully saturated rings. The van der Waals surface area contributed by atoms with Crippen molar-refractivity contribution in [1.29, 1.82) is 0 Å². The largest absolute Gasteiger partial charge is 0.497 e. The minimum absolute atomic E-state index is 0.0541. The van der Waals surface area contributed by atoms with Gasteiger partial charge in [0, 0.05) is 11.1 Å².